The molecule has 32 heavy (non-hydrogen) atoms. The molecule has 168 valence electrons. The molecule has 0 atom stereocenters. The van der Waals surface area contributed by atoms with Crippen molar-refractivity contribution in [3.05, 3.63) is 58.7 Å². The molecule has 3 rings (SSSR count). The maximum atomic E-state index is 12.6. The number of esters is 1. The number of thiazole rings is 1. The first kappa shape index (κ1) is 23.2. The molecule has 0 aliphatic rings. The standard InChI is InChI=1S/C23H26N4O4S/c1-6-30-20(28)18-14(2)25-22(32-18)27-21(29)26-16-11-9-13-24-19(16)31-17-12-8-7-10-15(17)23(3,4)5/h7-13H,6H2,1-5H3,(H2,25,26,27,29). The number of carbonyl (C=O) groups is 2. The summed E-state index contributed by atoms with van der Waals surface area (Å²) in [5.74, 6) is 0.468. The van der Waals surface area contributed by atoms with Crippen molar-refractivity contribution in [1.82, 2.24) is 9.97 Å². The first-order chi connectivity index (χ1) is 15.2. The van der Waals surface area contributed by atoms with Gasteiger partial charge in [-0.3, -0.25) is 5.32 Å². The van der Waals surface area contributed by atoms with E-state index in [1.54, 1.807) is 32.2 Å². The van der Waals surface area contributed by atoms with Gasteiger partial charge in [-0.1, -0.05) is 50.3 Å². The van der Waals surface area contributed by atoms with Crippen molar-refractivity contribution in [3.63, 3.8) is 0 Å². The summed E-state index contributed by atoms with van der Waals surface area (Å²) in [5, 5.41) is 5.66. The molecule has 0 bridgehead atoms. The van der Waals surface area contributed by atoms with E-state index in [-0.39, 0.29) is 23.0 Å². The molecular formula is C23H26N4O4S. The second-order valence-corrected chi connectivity index (χ2v) is 8.94. The van der Waals surface area contributed by atoms with Crippen LogP contribution in [0.4, 0.5) is 15.6 Å². The van der Waals surface area contributed by atoms with E-state index in [2.05, 4.69) is 41.4 Å². The summed E-state index contributed by atoms with van der Waals surface area (Å²) < 4.78 is 11.1. The summed E-state index contributed by atoms with van der Waals surface area (Å²) in [6.07, 6.45) is 1.59. The van der Waals surface area contributed by atoms with Gasteiger partial charge in [-0.15, -0.1) is 0 Å². The Morgan fingerprint density at radius 1 is 1.09 bits per heavy atom. The van der Waals surface area contributed by atoms with Crippen LogP contribution in [0.5, 0.6) is 11.6 Å². The molecule has 8 nitrogen and oxygen atoms in total. The summed E-state index contributed by atoms with van der Waals surface area (Å²) in [7, 11) is 0. The van der Waals surface area contributed by atoms with Gasteiger partial charge in [-0.05, 0) is 37.5 Å². The van der Waals surface area contributed by atoms with Gasteiger partial charge in [0.2, 0.25) is 5.88 Å². The predicted octanol–water partition coefficient (Wildman–Crippen LogP) is 5.76. The van der Waals surface area contributed by atoms with Crippen LogP contribution in [-0.2, 0) is 10.2 Å². The van der Waals surface area contributed by atoms with Crippen molar-refractivity contribution in [1.29, 1.82) is 0 Å². The fourth-order valence-electron chi connectivity index (χ4n) is 2.93. The third-order valence-corrected chi connectivity index (χ3v) is 5.45. The molecule has 0 radical (unpaired) electrons. The highest BCUT2D eigenvalue weighted by Gasteiger charge is 2.21. The van der Waals surface area contributed by atoms with Gasteiger partial charge in [0, 0.05) is 11.8 Å². The summed E-state index contributed by atoms with van der Waals surface area (Å²) >= 11 is 1.05. The van der Waals surface area contributed by atoms with Crippen LogP contribution >= 0.6 is 11.3 Å². The minimum absolute atomic E-state index is 0.129. The Bertz CT molecular complexity index is 1120. The number of amides is 2. The van der Waals surface area contributed by atoms with Gasteiger partial charge >= 0.3 is 12.0 Å². The first-order valence-corrected chi connectivity index (χ1v) is 11.0. The van der Waals surface area contributed by atoms with Crippen LogP contribution in [-0.4, -0.2) is 28.6 Å². The van der Waals surface area contributed by atoms with Crippen molar-refractivity contribution in [2.45, 2.75) is 40.0 Å². The molecule has 9 heteroatoms. The Hall–Kier alpha value is -3.46. The lowest BCUT2D eigenvalue weighted by atomic mass is 9.86. The third kappa shape index (κ3) is 5.61. The van der Waals surface area contributed by atoms with Crippen molar-refractivity contribution < 1.29 is 19.1 Å². The zero-order valence-corrected chi connectivity index (χ0v) is 19.5. The lowest BCUT2D eigenvalue weighted by molar-refractivity contribution is 0.0531. The number of ether oxygens (including phenoxy) is 2. The number of hydrogen-bond donors (Lipinski definition) is 2. The second kappa shape index (κ2) is 9.78. The molecule has 2 N–H and O–H groups in total. The van der Waals surface area contributed by atoms with Gasteiger partial charge in [0.1, 0.15) is 16.3 Å². The lowest BCUT2D eigenvalue weighted by Gasteiger charge is -2.22. The third-order valence-electron chi connectivity index (χ3n) is 4.40. The molecule has 0 aliphatic heterocycles. The Labute approximate surface area is 191 Å². The largest absolute Gasteiger partial charge is 0.462 e. The zero-order chi connectivity index (χ0) is 23.3. The maximum Gasteiger partial charge on any atom is 0.350 e. The van der Waals surface area contributed by atoms with Gasteiger partial charge < -0.3 is 14.8 Å². The second-order valence-electron chi connectivity index (χ2n) is 7.94. The number of anilines is 2. The van der Waals surface area contributed by atoms with E-state index in [1.165, 1.54) is 0 Å². The van der Waals surface area contributed by atoms with Crippen LogP contribution in [0, 0.1) is 6.92 Å². The highest BCUT2D eigenvalue weighted by atomic mass is 32.1. The number of nitrogens with zero attached hydrogens (tertiary/aromatic N) is 2. The molecule has 1 aromatic carbocycles. The smallest absolute Gasteiger partial charge is 0.350 e. The van der Waals surface area contributed by atoms with Crippen molar-refractivity contribution in [2.24, 2.45) is 0 Å². The summed E-state index contributed by atoms with van der Waals surface area (Å²) in [5.41, 5.74) is 1.78. The first-order valence-electron chi connectivity index (χ1n) is 10.1. The van der Waals surface area contributed by atoms with Gasteiger partial charge in [0.25, 0.3) is 0 Å². The number of rotatable bonds is 6. The number of para-hydroxylation sites is 1. The Balaban J connectivity index is 1.76. The van der Waals surface area contributed by atoms with Crippen LogP contribution in [0.2, 0.25) is 0 Å². The van der Waals surface area contributed by atoms with Gasteiger partial charge in [0.05, 0.1) is 12.3 Å². The van der Waals surface area contributed by atoms with E-state index in [1.807, 2.05) is 24.3 Å². The topological polar surface area (TPSA) is 102 Å². The van der Waals surface area contributed by atoms with Crippen LogP contribution in [0.15, 0.2) is 42.6 Å². The van der Waals surface area contributed by atoms with Gasteiger partial charge in [0.15, 0.2) is 5.13 Å². The number of pyridine rings is 1. The zero-order valence-electron chi connectivity index (χ0n) is 18.7. The number of urea groups is 1. The predicted molar refractivity (Wildman–Crippen MR) is 125 cm³/mol. The fourth-order valence-corrected chi connectivity index (χ4v) is 3.79. The number of aryl methyl sites for hydroxylation is 1. The van der Waals surface area contributed by atoms with Crippen LogP contribution in [0.1, 0.15) is 48.6 Å². The van der Waals surface area contributed by atoms with Crippen molar-refractivity contribution in [3.8, 4) is 11.6 Å². The molecule has 0 saturated carbocycles. The Morgan fingerprint density at radius 2 is 1.84 bits per heavy atom. The average Bonchev–Trinajstić information content (AvgIpc) is 3.09. The van der Waals surface area contributed by atoms with E-state index < -0.39 is 12.0 Å². The number of hydrogen-bond acceptors (Lipinski definition) is 7. The molecule has 0 unspecified atom stereocenters. The Morgan fingerprint density at radius 3 is 2.56 bits per heavy atom. The monoisotopic (exact) mass is 454 g/mol. The van der Waals surface area contributed by atoms with E-state index >= 15 is 0 Å². The molecular weight excluding hydrogens is 428 g/mol. The average molecular weight is 455 g/mol. The SMILES string of the molecule is CCOC(=O)c1sc(NC(=O)Nc2cccnc2Oc2ccccc2C(C)(C)C)nc1C. The minimum Gasteiger partial charge on any atom is -0.462 e. The fraction of sp³-hybridized carbons (Fsp3) is 0.304. The molecule has 3 aromatic rings. The highest BCUT2D eigenvalue weighted by molar-refractivity contribution is 7.17. The number of benzene rings is 1. The summed E-state index contributed by atoms with van der Waals surface area (Å²) in [6.45, 7) is 9.98. The van der Waals surface area contributed by atoms with Gasteiger partial charge in [-0.2, -0.15) is 0 Å². The molecule has 0 spiro atoms. The molecule has 0 saturated heterocycles. The normalized spacial score (nSPS) is 11.0. The van der Waals surface area contributed by atoms with E-state index in [0.29, 0.717) is 22.0 Å². The molecule has 0 fully saturated rings. The van der Waals surface area contributed by atoms with Crippen molar-refractivity contribution in [2.75, 3.05) is 17.2 Å². The molecule has 0 aliphatic carbocycles. The quantitative estimate of drug-likeness (QED) is 0.459. The Kier molecular flexibility index (Phi) is 7.09. The van der Waals surface area contributed by atoms with Crippen molar-refractivity contribution >= 4 is 34.2 Å². The number of carbonyl (C=O) groups excluding carboxylic acids is 2. The van der Waals surface area contributed by atoms with Crippen LogP contribution < -0.4 is 15.4 Å². The molecule has 2 heterocycles. The lowest BCUT2D eigenvalue weighted by Crippen LogP contribution is -2.20. The maximum absolute atomic E-state index is 12.6. The number of nitrogens with one attached hydrogen (secondary N) is 2. The van der Waals surface area contributed by atoms with Crippen LogP contribution in [0.3, 0.4) is 0 Å². The molecule has 2 amide bonds. The van der Waals surface area contributed by atoms with Crippen LogP contribution in [0.25, 0.3) is 0 Å². The van der Waals surface area contributed by atoms with Gasteiger partial charge in [-0.25, -0.2) is 19.6 Å². The minimum atomic E-state index is -0.531. The van der Waals surface area contributed by atoms with E-state index in [4.69, 9.17) is 9.47 Å². The van der Waals surface area contributed by atoms with E-state index in [0.717, 1.165) is 16.9 Å². The van der Waals surface area contributed by atoms with E-state index in [9.17, 15) is 9.59 Å². The highest BCUT2D eigenvalue weighted by Crippen LogP contribution is 2.35. The summed E-state index contributed by atoms with van der Waals surface area (Å²) in [6, 6.07) is 10.6. The number of aromatic nitrogens is 2. The summed E-state index contributed by atoms with van der Waals surface area (Å²) in [4.78, 5) is 33.4. The molecule has 2 aromatic heterocycles.